The van der Waals surface area contributed by atoms with Crippen LogP contribution in [0.5, 0.6) is 0 Å². The van der Waals surface area contributed by atoms with Gasteiger partial charge in [-0.3, -0.25) is 0 Å². The highest BCUT2D eigenvalue weighted by molar-refractivity contribution is 5.26. The van der Waals surface area contributed by atoms with Gasteiger partial charge < -0.3 is 14.9 Å². The van der Waals surface area contributed by atoms with Crippen molar-refractivity contribution >= 4 is 0 Å². The second kappa shape index (κ2) is 7.19. The second-order valence-corrected chi connectivity index (χ2v) is 13.1. The average molecular weight is 419 g/mol. The topological polar surface area (TPSA) is 53.0 Å². The molecule has 1 spiro atoms. The van der Waals surface area contributed by atoms with E-state index in [1.54, 1.807) is 0 Å². The molecule has 30 heavy (non-hydrogen) atoms. The van der Waals surface area contributed by atoms with Gasteiger partial charge in [-0.15, -0.1) is 0 Å². The van der Waals surface area contributed by atoms with Gasteiger partial charge in [0.15, 0.2) is 0 Å². The number of rotatable bonds is 5. The molecule has 4 aliphatic carbocycles. The fraction of sp³-hybridized carbons (Fsp3) is 1.00. The number of hydrogen-bond donors (Lipinski definition) is 2. The predicted molar refractivity (Wildman–Crippen MR) is 120 cm³/mol. The molecule has 3 nitrogen and oxygen atoms in total. The van der Waals surface area contributed by atoms with Crippen LogP contribution in [0.4, 0.5) is 0 Å². The Hall–Kier alpha value is -0.120. The maximum atomic E-state index is 11.5. The molecule has 172 valence electrons. The molecule has 1 aliphatic heterocycles. The van der Waals surface area contributed by atoms with Crippen LogP contribution in [0.2, 0.25) is 0 Å². The van der Waals surface area contributed by atoms with Crippen molar-refractivity contribution in [2.75, 3.05) is 0 Å². The van der Waals surface area contributed by atoms with Crippen LogP contribution in [0.3, 0.4) is 0 Å². The minimum Gasteiger partial charge on any atom is -0.393 e. The Balaban J connectivity index is 1.37. The molecule has 1 heterocycles. The molecule has 0 aromatic carbocycles. The van der Waals surface area contributed by atoms with E-state index < -0.39 is 0 Å². The summed E-state index contributed by atoms with van der Waals surface area (Å²) in [5.74, 6) is 4.03. The minimum absolute atomic E-state index is 0.0245. The van der Waals surface area contributed by atoms with Crippen LogP contribution in [-0.4, -0.2) is 34.1 Å². The molecule has 0 bridgehead atoms. The summed E-state index contributed by atoms with van der Waals surface area (Å²) >= 11 is 0. The molecular weight excluding hydrogens is 372 g/mol. The van der Waals surface area contributed by atoms with Crippen LogP contribution in [0.1, 0.15) is 98.8 Å². The van der Waals surface area contributed by atoms with Crippen molar-refractivity contribution in [1.29, 1.82) is 0 Å². The van der Waals surface area contributed by atoms with Crippen molar-refractivity contribution in [2.45, 2.75) is 123 Å². The van der Waals surface area contributed by atoms with Crippen LogP contribution in [0.15, 0.2) is 0 Å². The highest BCUT2D eigenvalue weighted by atomic mass is 16.6. The summed E-state index contributed by atoms with van der Waals surface area (Å²) in [7, 11) is 0. The number of epoxide rings is 1. The van der Waals surface area contributed by atoms with Gasteiger partial charge in [-0.2, -0.15) is 0 Å². The first-order chi connectivity index (χ1) is 14.1. The van der Waals surface area contributed by atoms with Gasteiger partial charge in [0.1, 0.15) is 11.7 Å². The molecule has 2 N–H and O–H groups in total. The summed E-state index contributed by atoms with van der Waals surface area (Å²) in [6.07, 6.45) is 11.4. The van der Waals surface area contributed by atoms with Crippen molar-refractivity contribution < 1.29 is 14.9 Å². The lowest BCUT2D eigenvalue weighted by atomic mass is 9.43. The summed E-state index contributed by atoms with van der Waals surface area (Å²) in [6.45, 7) is 12.2. The molecule has 4 saturated carbocycles. The summed E-state index contributed by atoms with van der Waals surface area (Å²) in [6, 6.07) is 0. The lowest BCUT2D eigenvalue weighted by Gasteiger charge is -2.60. The van der Waals surface area contributed by atoms with Crippen molar-refractivity contribution in [3.63, 3.8) is 0 Å². The Morgan fingerprint density at radius 2 is 1.70 bits per heavy atom. The zero-order valence-electron chi connectivity index (χ0n) is 20.1. The first-order valence-corrected chi connectivity index (χ1v) is 13.2. The third kappa shape index (κ3) is 2.86. The predicted octanol–water partition coefficient (Wildman–Crippen LogP) is 5.57. The van der Waals surface area contributed by atoms with Crippen molar-refractivity contribution in [3.05, 3.63) is 0 Å². The lowest BCUT2D eigenvalue weighted by molar-refractivity contribution is -0.151. The number of aliphatic hydroxyl groups is 2. The molecule has 11 atom stereocenters. The van der Waals surface area contributed by atoms with E-state index in [1.165, 1.54) is 44.9 Å². The summed E-state index contributed by atoms with van der Waals surface area (Å²) < 4.78 is 6.37. The van der Waals surface area contributed by atoms with Gasteiger partial charge in [0.05, 0.1) is 12.2 Å². The van der Waals surface area contributed by atoms with Crippen LogP contribution in [-0.2, 0) is 4.74 Å². The highest BCUT2D eigenvalue weighted by Crippen LogP contribution is 2.74. The van der Waals surface area contributed by atoms with E-state index in [0.717, 1.165) is 37.0 Å². The molecule has 1 saturated heterocycles. The number of aliphatic hydroxyl groups excluding tert-OH is 2. The van der Waals surface area contributed by atoms with E-state index in [-0.39, 0.29) is 29.3 Å². The summed E-state index contributed by atoms with van der Waals surface area (Å²) in [5.41, 5.74) is 0.295. The molecule has 5 aliphatic rings. The van der Waals surface area contributed by atoms with E-state index in [4.69, 9.17) is 4.74 Å². The molecule has 0 aromatic heterocycles. The highest BCUT2D eigenvalue weighted by Gasteiger charge is 2.79. The van der Waals surface area contributed by atoms with Crippen LogP contribution >= 0.6 is 0 Å². The molecule has 0 unspecified atom stereocenters. The van der Waals surface area contributed by atoms with Gasteiger partial charge in [0.25, 0.3) is 0 Å². The standard InChI is InChI=1S/C27H46O3/c1-16(2)7-6-8-17(3)19-9-10-20-22-21(12-13-25(19,20)4)26(5)14-11-18(28)15-27(26)24(30-27)23(22)29/h16-24,28-29H,6-15H2,1-5H3/t17-,18+,19-,20+,21+,22+,23-,24-,25-,26-,27-/m1/s1. The smallest absolute Gasteiger partial charge is 0.114 e. The fourth-order valence-corrected chi connectivity index (χ4v) is 9.67. The van der Waals surface area contributed by atoms with Crippen molar-refractivity contribution in [2.24, 2.45) is 46.3 Å². The molecule has 3 heteroatoms. The second-order valence-electron chi connectivity index (χ2n) is 13.1. The molecule has 5 fully saturated rings. The Morgan fingerprint density at radius 1 is 0.933 bits per heavy atom. The van der Waals surface area contributed by atoms with Crippen molar-refractivity contribution in [3.8, 4) is 0 Å². The van der Waals surface area contributed by atoms with Gasteiger partial charge in [0.2, 0.25) is 0 Å². The lowest BCUT2D eigenvalue weighted by Crippen LogP contribution is -2.63. The molecular formula is C27H46O3. The molecule has 0 aromatic rings. The van der Waals surface area contributed by atoms with Crippen molar-refractivity contribution in [1.82, 2.24) is 0 Å². The maximum absolute atomic E-state index is 11.5. The first kappa shape index (κ1) is 21.7. The van der Waals surface area contributed by atoms with Gasteiger partial charge in [-0.05, 0) is 79.4 Å². The third-order valence-corrected chi connectivity index (χ3v) is 11.3. The Labute approximate surface area is 184 Å². The monoisotopic (exact) mass is 418 g/mol. The number of ether oxygens (including phenoxy) is 1. The molecule has 5 rings (SSSR count). The summed E-state index contributed by atoms with van der Waals surface area (Å²) in [4.78, 5) is 0. The van der Waals surface area contributed by atoms with E-state index >= 15 is 0 Å². The molecule has 0 amide bonds. The Kier molecular flexibility index (Phi) is 5.20. The zero-order valence-corrected chi connectivity index (χ0v) is 20.1. The van der Waals surface area contributed by atoms with E-state index in [0.29, 0.717) is 23.2 Å². The van der Waals surface area contributed by atoms with Crippen LogP contribution in [0, 0.1) is 46.3 Å². The van der Waals surface area contributed by atoms with E-state index in [1.807, 2.05) is 0 Å². The Morgan fingerprint density at radius 3 is 2.43 bits per heavy atom. The average Bonchev–Trinajstić information content (AvgIpc) is 3.29. The molecule has 0 radical (unpaired) electrons. The van der Waals surface area contributed by atoms with Crippen LogP contribution in [0.25, 0.3) is 0 Å². The van der Waals surface area contributed by atoms with E-state index in [9.17, 15) is 10.2 Å². The SMILES string of the molecule is CC(C)CCC[C@@H](C)[C@H]1CC[C@H]2[C@@H]3[C@@H](O)[C@H]4O[C@]45C[C@@H](O)CC[C@]5(C)[C@H]3CC[C@]12C. The maximum Gasteiger partial charge on any atom is 0.114 e. The fourth-order valence-electron chi connectivity index (χ4n) is 9.67. The quantitative estimate of drug-likeness (QED) is 0.574. The van der Waals surface area contributed by atoms with Crippen LogP contribution < -0.4 is 0 Å². The normalized spacial score (nSPS) is 55.4. The van der Waals surface area contributed by atoms with Gasteiger partial charge >= 0.3 is 0 Å². The number of fused-ring (bicyclic) bond motifs is 4. The zero-order chi connectivity index (χ0) is 21.5. The minimum atomic E-state index is -0.326. The van der Waals surface area contributed by atoms with E-state index in [2.05, 4.69) is 34.6 Å². The first-order valence-electron chi connectivity index (χ1n) is 13.2. The van der Waals surface area contributed by atoms with Gasteiger partial charge in [-0.25, -0.2) is 0 Å². The third-order valence-electron chi connectivity index (χ3n) is 11.3. The summed E-state index contributed by atoms with van der Waals surface area (Å²) in [5, 5.41) is 21.9. The Bertz CT molecular complexity index is 662. The number of hydrogen-bond acceptors (Lipinski definition) is 3. The largest absolute Gasteiger partial charge is 0.393 e. The van der Waals surface area contributed by atoms with Gasteiger partial charge in [0, 0.05) is 11.8 Å². The van der Waals surface area contributed by atoms with Gasteiger partial charge in [-0.1, -0.05) is 53.9 Å².